The minimum Gasteiger partial charge on any atom is -0.316 e. The van der Waals surface area contributed by atoms with Crippen LogP contribution in [-0.2, 0) is 12.8 Å². The quantitative estimate of drug-likeness (QED) is 0.614. The van der Waals surface area contributed by atoms with Crippen LogP contribution in [0.3, 0.4) is 0 Å². The molecule has 3 aromatic rings. The van der Waals surface area contributed by atoms with Crippen molar-refractivity contribution in [3.05, 3.63) is 77.3 Å². The van der Waals surface area contributed by atoms with E-state index in [0.29, 0.717) is 0 Å². The third kappa shape index (κ3) is 5.02. The maximum Gasteiger partial charge on any atom is 0.123 e. The average molecular weight is 322 g/mol. The van der Waals surface area contributed by atoms with E-state index in [2.05, 4.69) is 65.3 Å². The maximum absolute atomic E-state index is 4.72. The second-order valence-corrected chi connectivity index (χ2v) is 6.46. The summed E-state index contributed by atoms with van der Waals surface area (Å²) in [5, 5.41) is 6.81. The van der Waals surface area contributed by atoms with Crippen molar-refractivity contribution in [2.24, 2.45) is 0 Å². The third-order valence-corrected chi connectivity index (χ3v) is 4.73. The van der Waals surface area contributed by atoms with E-state index in [1.54, 1.807) is 11.3 Å². The van der Waals surface area contributed by atoms with Crippen LogP contribution in [0.4, 0.5) is 0 Å². The molecule has 0 aliphatic rings. The highest BCUT2D eigenvalue weighted by Crippen LogP contribution is 2.23. The Kier molecular flexibility index (Phi) is 5.95. The standard InChI is InChI=1S/C20H22N2S/c1-3-8-17(9-4-1)10-7-14-21-15-13-19-16-23-20(22-19)18-11-5-2-6-12-18/h1-6,8-9,11-12,16,21H,7,10,13-15H2. The van der Waals surface area contributed by atoms with Gasteiger partial charge in [0.05, 0.1) is 5.69 Å². The van der Waals surface area contributed by atoms with Crippen LogP contribution in [0.25, 0.3) is 10.6 Å². The Hall–Kier alpha value is -1.97. The average Bonchev–Trinajstić information content (AvgIpc) is 3.09. The minimum atomic E-state index is 0.993. The molecule has 0 saturated heterocycles. The molecule has 1 heterocycles. The Balaban J connectivity index is 1.36. The van der Waals surface area contributed by atoms with Gasteiger partial charge in [-0.2, -0.15) is 0 Å². The number of rotatable bonds is 8. The lowest BCUT2D eigenvalue weighted by molar-refractivity contribution is 0.644. The van der Waals surface area contributed by atoms with Gasteiger partial charge < -0.3 is 5.32 Å². The minimum absolute atomic E-state index is 0.993. The van der Waals surface area contributed by atoms with Crippen molar-refractivity contribution in [3.63, 3.8) is 0 Å². The van der Waals surface area contributed by atoms with Gasteiger partial charge in [0.1, 0.15) is 5.01 Å². The van der Waals surface area contributed by atoms with Gasteiger partial charge >= 0.3 is 0 Å². The SMILES string of the molecule is c1ccc(CCCNCCc2csc(-c3ccccc3)n2)cc1. The molecule has 0 saturated carbocycles. The number of benzene rings is 2. The molecule has 0 unspecified atom stereocenters. The number of aromatic nitrogens is 1. The van der Waals surface area contributed by atoms with Crippen LogP contribution in [0.5, 0.6) is 0 Å². The van der Waals surface area contributed by atoms with Crippen molar-refractivity contribution in [1.29, 1.82) is 0 Å². The molecular formula is C20H22N2S. The molecule has 3 heteroatoms. The van der Waals surface area contributed by atoms with Crippen molar-refractivity contribution in [1.82, 2.24) is 10.3 Å². The van der Waals surface area contributed by atoms with Gasteiger partial charge in [-0.1, -0.05) is 60.7 Å². The highest BCUT2D eigenvalue weighted by Gasteiger charge is 2.03. The molecule has 1 N–H and O–H groups in total. The largest absolute Gasteiger partial charge is 0.316 e. The van der Waals surface area contributed by atoms with Gasteiger partial charge in [-0.05, 0) is 24.9 Å². The summed E-state index contributed by atoms with van der Waals surface area (Å²) in [5.41, 5.74) is 3.81. The van der Waals surface area contributed by atoms with E-state index in [1.165, 1.54) is 23.2 Å². The van der Waals surface area contributed by atoms with Gasteiger partial charge in [0, 0.05) is 23.9 Å². The molecule has 23 heavy (non-hydrogen) atoms. The lowest BCUT2D eigenvalue weighted by Gasteiger charge is -2.04. The normalized spacial score (nSPS) is 10.8. The molecule has 0 amide bonds. The van der Waals surface area contributed by atoms with E-state index in [1.807, 2.05) is 6.07 Å². The summed E-state index contributed by atoms with van der Waals surface area (Å²) >= 11 is 1.73. The van der Waals surface area contributed by atoms with Crippen LogP contribution < -0.4 is 5.32 Å². The number of nitrogens with zero attached hydrogens (tertiary/aromatic N) is 1. The first-order chi connectivity index (χ1) is 11.4. The molecule has 2 nitrogen and oxygen atoms in total. The molecule has 0 aliphatic carbocycles. The molecule has 0 radical (unpaired) electrons. The Morgan fingerprint density at radius 1 is 0.826 bits per heavy atom. The summed E-state index contributed by atoms with van der Waals surface area (Å²) in [7, 11) is 0. The first-order valence-corrected chi connectivity index (χ1v) is 9.04. The van der Waals surface area contributed by atoms with Crippen molar-refractivity contribution in [3.8, 4) is 10.6 Å². The van der Waals surface area contributed by atoms with E-state index in [-0.39, 0.29) is 0 Å². The van der Waals surface area contributed by atoms with Gasteiger partial charge in [0.2, 0.25) is 0 Å². The zero-order valence-corrected chi connectivity index (χ0v) is 14.1. The van der Waals surface area contributed by atoms with Crippen molar-refractivity contribution in [2.45, 2.75) is 19.3 Å². The summed E-state index contributed by atoms with van der Waals surface area (Å²) in [6.07, 6.45) is 3.31. The summed E-state index contributed by atoms with van der Waals surface area (Å²) in [6, 6.07) is 21.1. The summed E-state index contributed by atoms with van der Waals surface area (Å²) in [6.45, 7) is 2.05. The Labute approximate surface area is 142 Å². The van der Waals surface area contributed by atoms with Crippen LogP contribution in [0.2, 0.25) is 0 Å². The number of aryl methyl sites for hydroxylation is 1. The van der Waals surface area contributed by atoms with E-state index in [4.69, 9.17) is 4.98 Å². The fourth-order valence-corrected chi connectivity index (χ4v) is 3.40. The number of hydrogen-bond donors (Lipinski definition) is 1. The van der Waals surface area contributed by atoms with Gasteiger partial charge in [0.15, 0.2) is 0 Å². The molecule has 0 bridgehead atoms. The van der Waals surface area contributed by atoms with Crippen LogP contribution in [0.1, 0.15) is 17.7 Å². The molecule has 0 atom stereocenters. The van der Waals surface area contributed by atoms with Crippen molar-refractivity contribution >= 4 is 11.3 Å². The van der Waals surface area contributed by atoms with Gasteiger partial charge in [-0.3, -0.25) is 0 Å². The van der Waals surface area contributed by atoms with E-state index in [9.17, 15) is 0 Å². The molecule has 1 aromatic heterocycles. The van der Waals surface area contributed by atoms with Crippen LogP contribution in [-0.4, -0.2) is 18.1 Å². The van der Waals surface area contributed by atoms with Crippen LogP contribution in [0.15, 0.2) is 66.0 Å². The highest BCUT2D eigenvalue weighted by molar-refractivity contribution is 7.13. The molecule has 0 fully saturated rings. The second-order valence-electron chi connectivity index (χ2n) is 5.60. The number of hydrogen-bond acceptors (Lipinski definition) is 3. The highest BCUT2D eigenvalue weighted by atomic mass is 32.1. The topological polar surface area (TPSA) is 24.9 Å². The molecule has 118 valence electrons. The predicted octanol–water partition coefficient (Wildman–Crippen LogP) is 4.58. The summed E-state index contributed by atoms with van der Waals surface area (Å²) in [4.78, 5) is 4.72. The van der Waals surface area contributed by atoms with E-state index >= 15 is 0 Å². The molecule has 2 aromatic carbocycles. The second kappa shape index (κ2) is 8.61. The zero-order chi connectivity index (χ0) is 15.7. The van der Waals surface area contributed by atoms with Crippen molar-refractivity contribution < 1.29 is 0 Å². The summed E-state index contributed by atoms with van der Waals surface area (Å²) < 4.78 is 0. The molecular weight excluding hydrogens is 300 g/mol. The lowest BCUT2D eigenvalue weighted by Crippen LogP contribution is -2.19. The molecule has 0 spiro atoms. The lowest BCUT2D eigenvalue weighted by atomic mass is 10.1. The molecule has 3 rings (SSSR count). The van der Waals surface area contributed by atoms with Gasteiger partial charge in [-0.15, -0.1) is 11.3 Å². The first kappa shape index (κ1) is 15.9. The van der Waals surface area contributed by atoms with Crippen LogP contribution >= 0.6 is 11.3 Å². The fraction of sp³-hybridized carbons (Fsp3) is 0.250. The number of thiazole rings is 1. The third-order valence-electron chi connectivity index (χ3n) is 3.79. The van der Waals surface area contributed by atoms with E-state index < -0.39 is 0 Å². The Bertz CT molecular complexity index is 692. The fourth-order valence-electron chi connectivity index (χ4n) is 2.54. The molecule has 0 aliphatic heterocycles. The smallest absolute Gasteiger partial charge is 0.123 e. The van der Waals surface area contributed by atoms with E-state index in [0.717, 1.165) is 30.9 Å². The number of nitrogens with one attached hydrogen (secondary N) is 1. The van der Waals surface area contributed by atoms with Gasteiger partial charge in [-0.25, -0.2) is 4.98 Å². The predicted molar refractivity (Wildman–Crippen MR) is 98.9 cm³/mol. The monoisotopic (exact) mass is 322 g/mol. The Morgan fingerprint density at radius 2 is 1.57 bits per heavy atom. The van der Waals surface area contributed by atoms with Gasteiger partial charge in [0.25, 0.3) is 0 Å². The first-order valence-electron chi connectivity index (χ1n) is 8.16. The summed E-state index contributed by atoms with van der Waals surface area (Å²) in [5.74, 6) is 0. The van der Waals surface area contributed by atoms with Crippen molar-refractivity contribution in [2.75, 3.05) is 13.1 Å². The Morgan fingerprint density at radius 3 is 2.35 bits per heavy atom. The maximum atomic E-state index is 4.72. The van der Waals surface area contributed by atoms with Crippen LogP contribution in [0, 0.1) is 0 Å². The zero-order valence-electron chi connectivity index (χ0n) is 13.2.